The van der Waals surface area contributed by atoms with E-state index < -0.39 is 0 Å². The number of aryl methyl sites for hydroxylation is 3. The summed E-state index contributed by atoms with van der Waals surface area (Å²) in [7, 11) is 2.05. The Balaban J connectivity index is 1.95. The normalized spacial score (nSPS) is 16.1. The largest absolute Gasteiger partial charge is 0.309 e. The molecular weight excluding hydrogens is 250 g/mol. The number of fused-ring (bicyclic) bond motifs is 1. The number of thiophene rings is 1. The van der Waals surface area contributed by atoms with Crippen molar-refractivity contribution in [1.29, 1.82) is 0 Å². The van der Waals surface area contributed by atoms with Crippen LogP contribution in [0.5, 0.6) is 0 Å². The second kappa shape index (κ2) is 5.48. The van der Waals surface area contributed by atoms with Crippen LogP contribution in [0.2, 0.25) is 0 Å². The van der Waals surface area contributed by atoms with Crippen LogP contribution < -0.4 is 5.32 Å². The van der Waals surface area contributed by atoms with Crippen molar-refractivity contribution in [3.05, 3.63) is 56.8 Å². The van der Waals surface area contributed by atoms with Crippen molar-refractivity contribution in [3.8, 4) is 0 Å². The molecule has 0 spiro atoms. The average Bonchev–Trinajstić information content (AvgIpc) is 2.86. The van der Waals surface area contributed by atoms with Crippen molar-refractivity contribution in [2.45, 2.75) is 38.6 Å². The van der Waals surface area contributed by atoms with Crippen molar-refractivity contribution < 1.29 is 0 Å². The van der Waals surface area contributed by atoms with Gasteiger partial charge >= 0.3 is 0 Å². The van der Waals surface area contributed by atoms with E-state index in [2.05, 4.69) is 49.6 Å². The fraction of sp³-hybridized carbons (Fsp3) is 0.412. The van der Waals surface area contributed by atoms with Crippen molar-refractivity contribution in [2.24, 2.45) is 0 Å². The third-order valence-electron chi connectivity index (χ3n) is 4.04. The second-order valence-electron chi connectivity index (χ2n) is 5.41. The Morgan fingerprint density at radius 1 is 1.05 bits per heavy atom. The Morgan fingerprint density at radius 3 is 2.53 bits per heavy atom. The summed E-state index contributed by atoms with van der Waals surface area (Å²) < 4.78 is 0. The number of hydrogen-bond acceptors (Lipinski definition) is 2. The lowest BCUT2D eigenvalue weighted by molar-refractivity contribution is 0.672. The number of benzene rings is 1. The van der Waals surface area contributed by atoms with E-state index in [9.17, 15) is 0 Å². The molecule has 0 fully saturated rings. The highest BCUT2D eigenvalue weighted by Crippen LogP contribution is 2.31. The molecule has 1 aliphatic rings. The van der Waals surface area contributed by atoms with E-state index in [0.29, 0.717) is 6.04 Å². The lowest BCUT2D eigenvalue weighted by atomic mass is 9.89. The molecule has 1 unspecified atom stereocenters. The first-order valence-corrected chi connectivity index (χ1v) is 7.95. The summed E-state index contributed by atoms with van der Waals surface area (Å²) in [5.74, 6) is 0. The van der Waals surface area contributed by atoms with Gasteiger partial charge in [-0.3, -0.25) is 0 Å². The van der Waals surface area contributed by atoms with Gasteiger partial charge in [0.15, 0.2) is 0 Å². The van der Waals surface area contributed by atoms with E-state index in [1.165, 1.54) is 41.0 Å². The molecule has 1 heterocycles. The van der Waals surface area contributed by atoms with Gasteiger partial charge in [-0.1, -0.05) is 18.2 Å². The van der Waals surface area contributed by atoms with Gasteiger partial charge in [-0.05, 0) is 68.5 Å². The third-order valence-corrected chi connectivity index (χ3v) is 5.11. The van der Waals surface area contributed by atoms with Gasteiger partial charge in [-0.2, -0.15) is 0 Å². The number of nitrogens with one attached hydrogen (secondary N) is 1. The van der Waals surface area contributed by atoms with Gasteiger partial charge in [0, 0.05) is 9.75 Å². The van der Waals surface area contributed by atoms with Crippen LogP contribution in [-0.2, 0) is 12.8 Å². The first-order chi connectivity index (χ1) is 9.28. The SMILES string of the molecule is CNC(c1ccc2c(c1)CCCC2)c1ccc(C)s1. The zero-order valence-corrected chi connectivity index (χ0v) is 12.5. The maximum atomic E-state index is 3.47. The molecule has 2 aromatic rings. The fourth-order valence-electron chi connectivity index (χ4n) is 3.01. The molecule has 0 aliphatic heterocycles. The van der Waals surface area contributed by atoms with Gasteiger partial charge in [0.25, 0.3) is 0 Å². The monoisotopic (exact) mass is 271 g/mol. The Bertz CT molecular complexity index is 570. The first-order valence-electron chi connectivity index (χ1n) is 7.13. The average molecular weight is 271 g/mol. The highest BCUT2D eigenvalue weighted by Gasteiger charge is 2.16. The van der Waals surface area contributed by atoms with Gasteiger partial charge in [0.05, 0.1) is 6.04 Å². The quantitative estimate of drug-likeness (QED) is 0.880. The van der Waals surface area contributed by atoms with Gasteiger partial charge in [-0.15, -0.1) is 11.3 Å². The summed E-state index contributed by atoms with van der Waals surface area (Å²) in [5, 5.41) is 3.47. The summed E-state index contributed by atoms with van der Waals surface area (Å²) in [5.41, 5.74) is 4.54. The predicted molar refractivity (Wildman–Crippen MR) is 83.0 cm³/mol. The molecule has 2 heteroatoms. The molecule has 19 heavy (non-hydrogen) atoms. The summed E-state index contributed by atoms with van der Waals surface area (Å²) in [6.45, 7) is 2.17. The first kappa shape index (κ1) is 12.9. The molecule has 0 saturated heterocycles. The smallest absolute Gasteiger partial charge is 0.0668 e. The Hall–Kier alpha value is -1.12. The molecule has 0 radical (unpaired) electrons. The minimum Gasteiger partial charge on any atom is -0.309 e. The van der Waals surface area contributed by atoms with Crippen molar-refractivity contribution in [2.75, 3.05) is 7.05 Å². The van der Waals surface area contributed by atoms with Crippen LogP contribution >= 0.6 is 11.3 Å². The molecule has 1 aromatic carbocycles. The summed E-state index contributed by atoms with van der Waals surface area (Å²) >= 11 is 1.89. The lowest BCUT2D eigenvalue weighted by Gasteiger charge is -2.20. The number of hydrogen-bond donors (Lipinski definition) is 1. The van der Waals surface area contributed by atoms with Crippen molar-refractivity contribution in [1.82, 2.24) is 5.32 Å². The Labute approximate surface area is 119 Å². The van der Waals surface area contributed by atoms with Crippen LogP contribution in [0.3, 0.4) is 0 Å². The van der Waals surface area contributed by atoms with Gasteiger partial charge in [0.1, 0.15) is 0 Å². The van der Waals surface area contributed by atoms with E-state index in [0.717, 1.165) is 0 Å². The summed E-state index contributed by atoms with van der Waals surface area (Å²) in [6.07, 6.45) is 5.21. The van der Waals surface area contributed by atoms with Crippen LogP contribution in [0.15, 0.2) is 30.3 Å². The molecule has 1 aliphatic carbocycles. The molecule has 1 N–H and O–H groups in total. The van der Waals surface area contributed by atoms with E-state index in [1.54, 1.807) is 11.1 Å². The molecule has 100 valence electrons. The predicted octanol–water partition coefficient (Wildman–Crippen LogP) is 4.24. The van der Waals surface area contributed by atoms with E-state index in [4.69, 9.17) is 0 Å². The fourth-order valence-corrected chi connectivity index (χ4v) is 4.03. The minimum atomic E-state index is 0.339. The standard InChI is InChI=1S/C17H21NS/c1-12-7-10-16(19-12)17(18-2)15-9-8-13-5-3-4-6-14(13)11-15/h7-11,17-18H,3-6H2,1-2H3. The highest BCUT2D eigenvalue weighted by atomic mass is 32.1. The van der Waals surface area contributed by atoms with E-state index >= 15 is 0 Å². The van der Waals surface area contributed by atoms with Crippen molar-refractivity contribution in [3.63, 3.8) is 0 Å². The maximum Gasteiger partial charge on any atom is 0.0668 e. The van der Waals surface area contributed by atoms with Crippen LogP contribution in [0.25, 0.3) is 0 Å². The van der Waals surface area contributed by atoms with Crippen LogP contribution in [-0.4, -0.2) is 7.05 Å². The highest BCUT2D eigenvalue weighted by molar-refractivity contribution is 7.12. The van der Waals surface area contributed by atoms with E-state index in [-0.39, 0.29) is 0 Å². The summed E-state index contributed by atoms with van der Waals surface area (Å²) in [4.78, 5) is 2.80. The molecule has 1 aromatic heterocycles. The minimum absolute atomic E-state index is 0.339. The molecular formula is C17H21NS. The maximum absolute atomic E-state index is 3.47. The number of rotatable bonds is 3. The zero-order valence-electron chi connectivity index (χ0n) is 11.7. The lowest BCUT2D eigenvalue weighted by Crippen LogP contribution is -2.17. The molecule has 1 atom stereocenters. The van der Waals surface area contributed by atoms with Crippen LogP contribution in [0.1, 0.15) is 45.3 Å². The molecule has 3 rings (SSSR count). The van der Waals surface area contributed by atoms with Gasteiger partial charge in [-0.25, -0.2) is 0 Å². The molecule has 0 amide bonds. The van der Waals surface area contributed by atoms with Crippen LogP contribution in [0, 0.1) is 6.92 Å². The Kier molecular flexibility index (Phi) is 3.72. The molecule has 0 bridgehead atoms. The zero-order chi connectivity index (χ0) is 13.2. The third kappa shape index (κ3) is 2.60. The van der Waals surface area contributed by atoms with Gasteiger partial charge < -0.3 is 5.32 Å². The van der Waals surface area contributed by atoms with Gasteiger partial charge in [0.2, 0.25) is 0 Å². The summed E-state index contributed by atoms with van der Waals surface area (Å²) in [6, 6.07) is 11.9. The Morgan fingerprint density at radius 2 is 1.84 bits per heavy atom. The molecule has 1 nitrogen and oxygen atoms in total. The second-order valence-corrected chi connectivity index (χ2v) is 6.72. The van der Waals surface area contributed by atoms with Crippen molar-refractivity contribution >= 4 is 11.3 Å². The molecule has 0 saturated carbocycles. The van der Waals surface area contributed by atoms with E-state index in [1.807, 2.05) is 11.3 Å². The topological polar surface area (TPSA) is 12.0 Å². The van der Waals surface area contributed by atoms with Crippen LogP contribution in [0.4, 0.5) is 0 Å².